The van der Waals surface area contributed by atoms with Crippen molar-refractivity contribution >= 4 is 34.8 Å². The Labute approximate surface area is 132 Å². The van der Waals surface area contributed by atoms with Crippen LogP contribution in [0.1, 0.15) is 25.1 Å². The van der Waals surface area contributed by atoms with E-state index in [-0.39, 0.29) is 0 Å². The zero-order valence-electron chi connectivity index (χ0n) is 11.0. The highest BCUT2D eigenvalue weighted by Crippen LogP contribution is 2.28. The standard InChI is InChI=1S/C14H12Cl3N3/c1-8(2)5-13-10(7-18)14(17)20(19-13)9-3-4-11(15)12(16)6-9/h3-4,6,8H,5H2,1-2H3. The van der Waals surface area contributed by atoms with E-state index in [1.54, 1.807) is 18.2 Å². The number of aromatic nitrogens is 2. The molecule has 2 rings (SSSR count). The van der Waals surface area contributed by atoms with E-state index in [2.05, 4.69) is 25.0 Å². The van der Waals surface area contributed by atoms with Crippen molar-refractivity contribution in [1.29, 1.82) is 5.26 Å². The molecule has 0 N–H and O–H groups in total. The Kier molecular flexibility index (Phi) is 4.59. The van der Waals surface area contributed by atoms with Crippen LogP contribution in [0.5, 0.6) is 0 Å². The minimum atomic E-state index is 0.293. The molecule has 0 fully saturated rings. The van der Waals surface area contributed by atoms with E-state index in [0.717, 1.165) is 0 Å². The summed E-state index contributed by atoms with van der Waals surface area (Å²) in [5.74, 6) is 0.385. The number of halogens is 3. The molecule has 0 saturated heterocycles. The smallest absolute Gasteiger partial charge is 0.150 e. The van der Waals surface area contributed by atoms with E-state index in [9.17, 15) is 5.26 Å². The summed E-state index contributed by atoms with van der Waals surface area (Å²) in [6.45, 7) is 4.13. The van der Waals surface area contributed by atoms with Gasteiger partial charge in [-0.25, -0.2) is 4.68 Å². The summed E-state index contributed by atoms with van der Waals surface area (Å²) in [4.78, 5) is 0. The van der Waals surface area contributed by atoms with Crippen molar-refractivity contribution in [3.63, 3.8) is 0 Å². The van der Waals surface area contributed by atoms with Crippen molar-refractivity contribution in [2.45, 2.75) is 20.3 Å². The molecule has 0 bridgehead atoms. The first-order valence-electron chi connectivity index (χ1n) is 6.07. The molecule has 0 radical (unpaired) electrons. The minimum Gasteiger partial charge on any atom is -0.220 e. The average Bonchev–Trinajstić information content (AvgIpc) is 2.68. The van der Waals surface area contributed by atoms with Crippen LogP contribution in [0.15, 0.2) is 18.2 Å². The highest BCUT2D eigenvalue weighted by molar-refractivity contribution is 6.42. The highest BCUT2D eigenvalue weighted by Gasteiger charge is 2.18. The molecular formula is C14H12Cl3N3. The maximum Gasteiger partial charge on any atom is 0.150 e. The average molecular weight is 329 g/mol. The molecule has 0 saturated carbocycles. The van der Waals surface area contributed by atoms with Crippen molar-refractivity contribution in [3.8, 4) is 11.8 Å². The van der Waals surface area contributed by atoms with Gasteiger partial charge in [0.25, 0.3) is 0 Å². The van der Waals surface area contributed by atoms with Crippen LogP contribution in [0, 0.1) is 17.2 Å². The van der Waals surface area contributed by atoms with Gasteiger partial charge in [-0.2, -0.15) is 10.4 Å². The van der Waals surface area contributed by atoms with Crippen LogP contribution in [-0.4, -0.2) is 9.78 Å². The Morgan fingerprint density at radius 2 is 1.95 bits per heavy atom. The van der Waals surface area contributed by atoms with Crippen LogP contribution in [0.25, 0.3) is 5.69 Å². The van der Waals surface area contributed by atoms with Crippen molar-refractivity contribution < 1.29 is 0 Å². The maximum absolute atomic E-state index is 9.24. The maximum atomic E-state index is 9.24. The van der Waals surface area contributed by atoms with Crippen LogP contribution in [0.4, 0.5) is 0 Å². The van der Waals surface area contributed by atoms with Crippen molar-refractivity contribution in [2.75, 3.05) is 0 Å². The van der Waals surface area contributed by atoms with E-state index in [1.165, 1.54) is 4.68 Å². The lowest BCUT2D eigenvalue weighted by Gasteiger charge is -2.04. The van der Waals surface area contributed by atoms with Gasteiger partial charge < -0.3 is 0 Å². The number of benzene rings is 1. The molecule has 1 aromatic heterocycles. The molecule has 6 heteroatoms. The van der Waals surface area contributed by atoms with Gasteiger partial charge in [0.15, 0.2) is 5.15 Å². The lowest BCUT2D eigenvalue weighted by atomic mass is 10.1. The van der Waals surface area contributed by atoms with E-state index < -0.39 is 0 Å². The molecule has 0 aliphatic rings. The third-order valence-corrected chi connectivity index (χ3v) is 3.85. The molecule has 2 aromatic rings. The topological polar surface area (TPSA) is 41.6 Å². The summed E-state index contributed by atoms with van der Waals surface area (Å²) in [6.07, 6.45) is 0.691. The fourth-order valence-electron chi connectivity index (χ4n) is 1.87. The van der Waals surface area contributed by atoms with Gasteiger partial charge in [0.1, 0.15) is 11.6 Å². The second-order valence-corrected chi connectivity index (χ2v) is 6.00. The molecule has 20 heavy (non-hydrogen) atoms. The Bertz CT molecular complexity index is 684. The molecule has 1 heterocycles. The summed E-state index contributed by atoms with van der Waals surface area (Å²) >= 11 is 18.1. The largest absolute Gasteiger partial charge is 0.220 e. The zero-order valence-corrected chi connectivity index (χ0v) is 13.3. The number of nitriles is 1. The van der Waals surface area contributed by atoms with E-state index in [4.69, 9.17) is 34.8 Å². The first-order valence-corrected chi connectivity index (χ1v) is 7.20. The van der Waals surface area contributed by atoms with Gasteiger partial charge in [-0.1, -0.05) is 48.7 Å². The Morgan fingerprint density at radius 3 is 2.50 bits per heavy atom. The molecule has 0 spiro atoms. The number of hydrogen-bond acceptors (Lipinski definition) is 2. The first kappa shape index (κ1) is 15.2. The van der Waals surface area contributed by atoms with Gasteiger partial charge in [0.05, 0.1) is 21.4 Å². The predicted octanol–water partition coefficient (Wildman–Crippen LogP) is 4.90. The van der Waals surface area contributed by atoms with Gasteiger partial charge in [0.2, 0.25) is 0 Å². The zero-order chi connectivity index (χ0) is 14.9. The fraction of sp³-hybridized carbons (Fsp3) is 0.286. The quantitative estimate of drug-likeness (QED) is 0.804. The summed E-state index contributed by atoms with van der Waals surface area (Å²) in [6, 6.07) is 7.21. The highest BCUT2D eigenvalue weighted by atomic mass is 35.5. The van der Waals surface area contributed by atoms with Gasteiger partial charge >= 0.3 is 0 Å². The number of nitrogens with zero attached hydrogens (tertiary/aromatic N) is 3. The summed E-state index contributed by atoms with van der Waals surface area (Å²) in [5.41, 5.74) is 1.78. The minimum absolute atomic E-state index is 0.293. The lowest BCUT2D eigenvalue weighted by Crippen LogP contribution is -2.00. The molecule has 0 aliphatic heterocycles. The fourth-order valence-corrected chi connectivity index (χ4v) is 2.45. The number of hydrogen-bond donors (Lipinski definition) is 0. The summed E-state index contributed by atoms with van der Waals surface area (Å²) in [7, 11) is 0. The van der Waals surface area contributed by atoms with Crippen LogP contribution >= 0.6 is 34.8 Å². The molecule has 0 amide bonds. The van der Waals surface area contributed by atoms with Gasteiger partial charge in [0, 0.05) is 0 Å². The van der Waals surface area contributed by atoms with Crippen LogP contribution in [0.3, 0.4) is 0 Å². The lowest BCUT2D eigenvalue weighted by molar-refractivity contribution is 0.627. The van der Waals surface area contributed by atoms with Gasteiger partial charge in [-0.05, 0) is 30.5 Å². The third kappa shape index (κ3) is 2.93. The molecule has 0 aliphatic carbocycles. The van der Waals surface area contributed by atoms with Gasteiger partial charge in [-0.3, -0.25) is 0 Å². The molecule has 0 unspecified atom stereocenters. The second kappa shape index (κ2) is 6.05. The van der Waals surface area contributed by atoms with Crippen LogP contribution in [0.2, 0.25) is 15.2 Å². The Hall–Kier alpha value is -1.21. The first-order chi connectivity index (χ1) is 9.43. The van der Waals surface area contributed by atoms with Gasteiger partial charge in [-0.15, -0.1) is 0 Å². The molecule has 0 atom stereocenters. The Morgan fingerprint density at radius 1 is 1.25 bits per heavy atom. The predicted molar refractivity (Wildman–Crippen MR) is 81.9 cm³/mol. The summed E-state index contributed by atoms with van der Waals surface area (Å²) in [5, 5.41) is 14.8. The molecule has 1 aromatic carbocycles. The second-order valence-electron chi connectivity index (χ2n) is 4.83. The molecule has 3 nitrogen and oxygen atoms in total. The van der Waals surface area contributed by atoms with Crippen LogP contribution in [-0.2, 0) is 6.42 Å². The Balaban J connectivity index is 2.54. The SMILES string of the molecule is CC(C)Cc1nn(-c2ccc(Cl)c(Cl)c2)c(Cl)c1C#N. The van der Waals surface area contributed by atoms with Crippen LogP contribution < -0.4 is 0 Å². The monoisotopic (exact) mass is 327 g/mol. The van der Waals surface area contributed by atoms with Crippen molar-refractivity contribution in [2.24, 2.45) is 5.92 Å². The van der Waals surface area contributed by atoms with Crippen molar-refractivity contribution in [3.05, 3.63) is 44.7 Å². The molecule has 104 valence electrons. The number of rotatable bonds is 3. The van der Waals surface area contributed by atoms with E-state index >= 15 is 0 Å². The van der Waals surface area contributed by atoms with E-state index in [0.29, 0.717) is 44.5 Å². The van der Waals surface area contributed by atoms with Crippen molar-refractivity contribution in [1.82, 2.24) is 9.78 Å². The summed E-state index contributed by atoms with van der Waals surface area (Å²) < 4.78 is 1.51. The molecular weight excluding hydrogens is 317 g/mol. The third-order valence-electron chi connectivity index (χ3n) is 2.76. The normalized spacial score (nSPS) is 10.8. The van der Waals surface area contributed by atoms with E-state index in [1.807, 2.05) is 0 Å².